The Morgan fingerprint density at radius 3 is 0.732 bits per heavy atom. The van der Waals surface area contributed by atoms with Crippen LogP contribution in [0.5, 0.6) is 0 Å². The number of nitrogens with zero attached hydrogens (tertiary/aromatic N) is 3. The van der Waals surface area contributed by atoms with Gasteiger partial charge in [-0.05, 0) is 91.6 Å². The third kappa shape index (κ3) is 8.43. The largest absolute Gasteiger partial charge is 0.248 e. The van der Waals surface area contributed by atoms with Crippen molar-refractivity contribution in [2.45, 2.75) is 90.4 Å². The molecule has 0 amide bonds. The van der Waals surface area contributed by atoms with Crippen molar-refractivity contribution in [3.05, 3.63) is 162 Å². The molecule has 0 atom stereocenters. The SMILES string of the molecule is CCCCCCCc1c2ccccc2nc2ccccc12.c1ccc2c(CCCCCCCc3c4ccccc4nc4ccccc34)c3ccccc3nc2c1. The van der Waals surface area contributed by atoms with Crippen molar-refractivity contribution in [2.24, 2.45) is 0 Å². The minimum Gasteiger partial charge on any atom is -0.248 e. The molecular formula is C53H53N3. The molecule has 6 aromatic carbocycles. The fourth-order valence-corrected chi connectivity index (χ4v) is 8.63. The van der Waals surface area contributed by atoms with Crippen LogP contribution in [0.1, 0.15) is 87.8 Å². The van der Waals surface area contributed by atoms with Crippen molar-refractivity contribution >= 4 is 65.4 Å². The first-order valence-corrected chi connectivity index (χ1v) is 21.1. The van der Waals surface area contributed by atoms with Crippen LogP contribution in [0.4, 0.5) is 0 Å². The van der Waals surface area contributed by atoms with E-state index in [1.54, 1.807) is 0 Å². The van der Waals surface area contributed by atoms with Crippen molar-refractivity contribution in [3.63, 3.8) is 0 Å². The second-order valence-electron chi connectivity index (χ2n) is 15.3. The van der Waals surface area contributed by atoms with Gasteiger partial charge in [-0.1, -0.05) is 161 Å². The molecule has 3 heteroatoms. The van der Waals surface area contributed by atoms with Gasteiger partial charge in [-0.3, -0.25) is 0 Å². The summed E-state index contributed by atoms with van der Waals surface area (Å²) in [5.41, 5.74) is 11.1. The first kappa shape index (κ1) is 37.3. The number of pyridine rings is 3. The topological polar surface area (TPSA) is 38.7 Å². The molecule has 0 aliphatic carbocycles. The summed E-state index contributed by atoms with van der Waals surface area (Å²) >= 11 is 0. The number of aromatic nitrogens is 3. The molecule has 0 fully saturated rings. The van der Waals surface area contributed by atoms with E-state index < -0.39 is 0 Å². The first-order valence-electron chi connectivity index (χ1n) is 21.1. The normalized spacial score (nSPS) is 11.5. The van der Waals surface area contributed by atoms with Gasteiger partial charge in [0.2, 0.25) is 0 Å². The molecular weight excluding hydrogens is 679 g/mol. The van der Waals surface area contributed by atoms with Gasteiger partial charge in [-0.2, -0.15) is 0 Å². The minimum absolute atomic E-state index is 1.11. The van der Waals surface area contributed by atoms with Crippen molar-refractivity contribution in [1.82, 2.24) is 15.0 Å². The van der Waals surface area contributed by atoms with Gasteiger partial charge >= 0.3 is 0 Å². The maximum atomic E-state index is 4.87. The standard InChI is InChI=1S/C33H30N2.C20H23N/c1(2-4-14-24-26-16-6-10-20-30(26)34-31-21-11-7-17-27(24)31)3-5-15-25-28-18-8-12-22-32(28)35-33-23-13-9-19-29(25)33;1-2-3-4-5-6-11-16-17-12-7-9-14-19(17)21-20-15-10-8-13-18(16)20/h6-13,16-23H,1-5,14-15H2;7-10,12-15H,2-6,11H2,1H3. The van der Waals surface area contributed by atoms with Gasteiger partial charge in [0.05, 0.1) is 33.1 Å². The minimum atomic E-state index is 1.11. The molecule has 0 radical (unpaired) electrons. The molecule has 9 rings (SSSR count). The smallest absolute Gasteiger partial charge is 0.0712 e. The summed E-state index contributed by atoms with van der Waals surface area (Å²) in [6.07, 6.45) is 16.3. The zero-order valence-electron chi connectivity index (χ0n) is 32.9. The molecule has 56 heavy (non-hydrogen) atoms. The molecule has 0 saturated carbocycles. The Kier molecular flexibility index (Phi) is 12.2. The van der Waals surface area contributed by atoms with Crippen LogP contribution in [0.15, 0.2) is 146 Å². The summed E-state index contributed by atoms with van der Waals surface area (Å²) in [6, 6.07) is 51.4. The van der Waals surface area contributed by atoms with Gasteiger partial charge in [0.15, 0.2) is 0 Å². The molecule has 0 aliphatic heterocycles. The van der Waals surface area contributed by atoms with Crippen LogP contribution in [-0.4, -0.2) is 15.0 Å². The first-order chi connectivity index (χ1) is 27.8. The maximum absolute atomic E-state index is 4.87. The van der Waals surface area contributed by atoms with Gasteiger partial charge in [0.1, 0.15) is 0 Å². The molecule has 3 aromatic heterocycles. The Labute approximate surface area is 331 Å². The summed E-state index contributed by atoms with van der Waals surface area (Å²) in [5.74, 6) is 0. The monoisotopic (exact) mass is 731 g/mol. The zero-order valence-corrected chi connectivity index (χ0v) is 32.9. The van der Waals surface area contributed by atoms with Gasteiger partial charge in [0.25, 0.3) is 0 Å². The quantitative estimate of drug-likeness (QED) is 0.0826. The predicted molar refractivity (Wildman–Crippen MR) is 241 cm³/mol. The number of unbranched alkanes of at least 4 members (excludes halogenated alkanes) is 8. The van der Waals surface area contributed by atoms with Crippen LogP contribution >= 0.6 is 0 Å². The maximum Gasteiger partial charge on any atom is 0.0712 e. The van der Waals surface area contributed by atoms with Crippen LogP contribution in [0.25, 0.3) is 65.4 Å². The number of hydrogen-bond donors (Lipinski definition) is 0. The number of para-hydroxylation sites is 6. The van der Waals surface area contributed by atoms with Crippen molar-refractivity contribution in [3.8, 4) is 0 Å². The molecule has 280 valence electrons. The fourth-order valence-electron chi connectivity index (χ4n) is 8.63. The average Bonchev–Trinajstić information content (AvgIpc) is 3.25. The van der Waals surface area contributed by atoms with Crippen LogP contribution in [0.2, 0.25) is 0 Å². The van der Waals surface area contributed by atoms with Crippen molar-refractivity contribution < 1.29 is 0 Å². The highest BCUT2D eigenvalue weighted by atomic mass is 14.7. The number of aryl methyl sites for hydroxylation is 3. The summed E-state index contributed by atoms with van der Waals surface area (Å²) in [6.45, 7) is 2.27. The highest BCUT2D eigenvalue weighted by Crippen LogP contribution is 2.30. The number of fused-ring (bicyclic) bond motifs is 6. The number of rotatable bonds is 14. The van der Waals surface area contributed by atoms with E-state index >= 15 is 0 Å². The molecule has 0 N–H and O–H groups in total. The van der Waals surface area contributed by atoms with Crippen LogP contribution in [0.3, 0.4) is 0 Å². The van der Waals surface area contributed by atoms with Gasteiger partial charge in [-0.25, -0.2) is 15.0 Å². The molecule has 0 unspecified atom stereocenters. The van der Waals surface area contributed by atoms with Gasteiger partial charge in [-0.15, -0.1) is 0 Å². The van der Waals surface area contributed by atoms with E-state index in [4.69, 9.17) is 15.0 Å². The van der Waals surface area contributed by atoms with E-state index in [0.29, 0.717) is 0 Å². The third-order valence-electron chi connectivity index (χ3n) is 11.5. The molecule has 0 aliphatic rings. The molecule has 3 heterocycles. The summed E-state index contributed by atoms with van der Waals surface area (Å²) in [5, 5.41) is 7.88. The summed E-state index contributed by atoms with van der Waals surface area (Å²) in [4.78, 5) is 14.5. The molecule has 9 aromatic rings. The van der Waals surface area contributed by atoms with Crippen LogP contribution in [-0.2, 0) is 19.3 Å². The Morgan fingerprint density at radius 1 is 0.268 bits per heavy atom. The van der Waals surface area contributed by atoms with Crippen LogP contribution < -0.4 is 0 Å². The van der Waals surface area contributed by atoms with Gasteiger partial charge < -0.3 is 0 Å². The lowest BCUT2D eigenvalue weighted by molar-refractivity contribution is 0.616. The van der Waals surface area contributed by atoms with E-state index in [1.807, 2.05) is 0 Å². The Hall–Kier alpha value is -5.67. The number of benzene rings is 6. The van der Waals surface area contributed by atoms with E-state index in [9.17, 15) is 0 Å². The summed E-state index contributed by atoms with van der Waals surface area (Å²) < 4.78 is 0. The number of hydrogen-bond acceptors (Lipinski definition) is 3. The Balaban J connectivity index is 0.000000179. The van der Waals surface area contributed by atoms with Gasteiger partial charge in [0, 0.05) is 32.3 Å². The highest BCUT2D eigenvalue weighted by Gasteiger charge is 2.11. The summed E-state index contributed by atoms with van der Waals surface area (Å²) in [7, 11) is 0. The van der Waals surface area contributed by atoms with E-state index in [0.717, 1.165) is 52.4 Å². The lowest BCUT2D eigenvalue weighted by Gasteiger charge is -2.12. The molecule has 0 spiro atoms. The van der Waals surface area contributed by atoms with E-state index in [1.165, 1.54) is 113 Å². The second-order valence-corrected chi connectivity index (χ2v) is 15.3. The predicted octanol–water partition coefficient (Wildman–Crippen LogP) is 14.7. The van der Waals surface area contributed by atoms with Crippen LogP contribution in [0, 0.1) is 0 Å². The highest BCUT2D eigenvalue weighted by molar-refractivity contribution is 5.99. The van der Waals surface area contributed by atoms with Crippen molar-refractivity contribution in [2.75, 3.05) is 0 Å². The third-order valence-corrected chi connectivity index (χ3v) is 11.5. The molecule has 0 saturated heterocycles. The molecule has 0 bridgehead atoms. The van der Waals surface area contributed by atoms with Crippen molar-refractivity contribution in [1.29, 1.82) is 0 Å². The van der Waals surface area contributed by atoms with E-state index in [-0.39, 0.29) is 0 Å². The second kappa shape index (κ2) is 18.3. The zero-order chi connectivity index (χ0) is 37.9. The Bertz CT molecular complexity index is 2430. The van der Waals surface area contributed by atoms with E-state index in [2.05, 4.69) is 153 Å². The molecule has 3 nitrogen and oxygen atoms in total. The fraction of sp³-hybridized carbons (Fsp3) is 0.264. The lowest BCUT2D eigenvalue weighted by Crippen LogP contribution is -1.95. The lowest BCUT2D eigenvalue weighted by atomic mass is 9.96. The Morgan fingerprint density at radius 2 is 0.482 bits per heavy atom. The average molecular weight is 732 g/mol.